The van der Waals surface area contributed by atoms with Crippen molar-refractivity contribution in [2.75, 3.05) is 26.7 Å². The molecule has 6 heteroatoms. The van der Waals surface area contributed by atoms with Crippen LogP contribution in [-0.2, 0) is 9.53 Å². The summed E-state index contributed by atoms with van der Waals surface area (Å²) in [6, 6.07) is -0.461. The van der Waals surface area contributed by atoms with Crippen LogP contribution in [0.5, 0.6) is 0 Å². The van der Waals surface area contributed by atoms with Crippen molar-refractivity contribution < 1.29 is 14.3 Å². The van der Waals surface area contributed by atoms with Crippen LogP contribution < -0.4 is 5.73 Å². The first-order valence-electron chi connectivity index (χ1n) is 7.08. The maximum absolute atomic E-state index is 11.9. The Morgan fingerprint density at radius 1 is 1.45 bits per heavy atom. The summed E-state index contributed by atoms with van der Waals surface area (Å²) in [5, 5.41) is 0. The van der Waals surface area contributed by atoms with Crippen LogP contribution in [0.3, 0.4) is 0 Å². The Kier molecular flexibility index (Phi) is 5.39. The molecule has 0 aliphatic carbocycles. The minimum atomic E-state index is -0.488. The zero-order valence-electron chi connectivity index (χ0n) is 13.2. The predicted octanol–water partition coefficient (Wildman–Crippen LogP) is 1.05. The Morgan fingerprint density at radius 3 is 2.55 bits per heavy atom. The van der Waals surface area contributed by atoms with Gasteiger partial charge < -0.3 is 20.3 Å². The summed E-state index contributed by atoms with van der Waals surface area (Å²) in [7, 11) is 1.73. The first-order valence-corrected chi connectivity index (χ1v) is 7.08. The van der Waals surface area contributed by atoms with E-state index in [1.165, 1.54) is 0 Å². The van der Waals surface area contributed by atoms with Gasteiger partial charge in [-0.1, -0.05) is 0 Å². The van der Waals surface area contributed by atoms with Gasteiger partial charge in [-0.3, -0.25) is 4.79 Å². The molecule has 1 aliphatic heterocycles. The molecule has 1 aliphatic rings. The van der Waals surface area contributed by atoms with Gasteiger partial charge in [-0.15, -0.1) is 0 Å². The van der Waals surface area contributed by atoms with Crippen LogP contribution in [0.25, 0.3) is 0 Å². The lowest BCUT2D eigenvalue weighted by atomic mass is 10.1. The molecule has 0 unspecified atom stereocenters. The van der Waals surface area contributed by atoms with Gasteiger partial charge in [0.15, 0.2) is 0 Å². The Bertz CT molecular complexity index is 363. The molecule has 0 aromatic rings. The lowest BCUT2D eigenvalue weighted by Crippen LogP contribution is -2.42. The topological polar surface area (TPSA) is 75.9 Å². The van der Waals surface area contributed by atoms with E-state index in [2.05, 4.69) is 0 Å². The molecule has 0 spiro atoms. The van der Waals surface area contributed by atoms with Crippen LogP contribution in [0, 0.1) is 5.92 Å². The molecule has 0 radical (unpaired) electrons. The van der Waals surface area contributed by atoms with Gasteiger partial charge in [0.05, 0.1) is 6.04 Å². The molecule has 0 aromatic carbocycles. The highest BCUT2D eigenvalue weighted by Gasteiger charge is 2.30. The van der Waals surface area contributed by atoms with E-state index in [1.807, 2.05) is 20.8 Å². The Labute approximate surface area is 121 Å². The van der Waals surface area contributed by atoms with Gasteiger partial charge in [0.1, 0.15) is 5.60 Å². The van der Waals surface area contributed by atoms with Crippen LogP contribution in [-0.4, -0.2) is 60.1 Å². The standard InChI is InChI=1S/C14H27N3O3/c1-10(15)12(18)17-7-6-11(9-17)8-16(5)13(19)20-14(2,3)4/h10-11H,6-9,15H2,1-5H3/t10-,11+/m0/s1. The lowest BCUT2D eigenvalue weighted by molar-refractivity contribution is -0.131. The third-order valence-electron chi connectivity index (χ3n) is 3.22. The highest BCUT2D eigenvalue weighted by atomic mass is 16.6. The van der Waals surface area contributed by atoms with Crippen molar-refractivity contribution in [1.29, 1.82) is 0 Å². The number of nitrogens with two attached hydrogens (primary N) is 1. The van der Waals surface area contributed by atoms with E-state index < -0.39 is 11.6 Å². The molecule has 0 aromatic heterocycles. The second kappa shape index (κ2) is 6.43. The van der Waals surface area contributed by atoms with Gasteiger partial charge in [0, 0.05) is 26.7 Å². The van der Waals surface area contributed by atoms with Crippen LogP contribution >= 0.6 is 0 Å². The third-order valence-corrected chi connectivity index (χ3v) is 3.22. The molecule has 20 heavy (non-hydrogen) atoms. The SMILES string of the molecule is C[C@H](N)C(=O)N1CC[C@H](CN(C)C(=O)OC(C)(C)C)C1. The average Bonchev–Trinajstić information content (AvgIpc) is 2.73. The fraction of sp³-hybridized carbons (Fsp3) is 0.857. The quantitative estimate of drug-likeness (QED) is 0.841. The zero-order valence-corrected chi connectivity index (χ0v) is 13.2. The number of hydrogen-bond acceptors (Lipinski definition) is 4. The summed E-state index contributed by atoms with van der Waals surface area (Å²) < 4.78 is 5.31. The molecule has 1 fully saturated rings. The molecule has 1 rings (SSSR count). The molecule has 2 amide bonds. The molecular formula is C14H27N3O3. The van der Waals surface area contributed by atoms with Gasteiger partial charge in [-0.25, -0.2) is 4.79 Å². The van der Waals surface area contributed by atoms with Crippen molar-refractivity contribution in [3.05, 3.63) is 0 Å². The summed E-state index contributed by atoms with van der Waals surface area (Å²) in [4.78, 5) is 27.0. The second-order valence-electron chi connectivity index (χ2n) is 6.59. The monoisotopic (exact) mass is 285 g/mol. The van der Waals surface area contributed by atoms with E-state index >= 15 is 0 Å². The van der Waals surface area contributed by atoms with Crippen molar-refractivity contribution in [3.8, 4) is 0 Å². The molecule has 1 saturated heterocycles. The number of nitrogens with zero attached hydrogens (tertiary/aromatic N) is 2. The van der Waals surface area contributed by atoms with Gasteiger partial charge in [-0.2, -0.15) is 0 Å². The molecule has 0 bridgehead atoms. The smallest absolute Gasteiger partial charge is 0.410 e. The maximum atomic E-state index is 11.9. The fourth-order valence-corrected chi connectivity index (χ4v) is 2.27. The van der Waals surface area contributed by atoms with E-state index in [-0.39, 0.29) is 17.9 Å². The Balaban J connectivity index is 2.43. The summed E-state index contributed by atoms with van der Waals surface area (Å²) in [5.41, 5.74) is 5.12. The average molecular weight is 285 g/mol. The summed E-state index contributed by atoms with van der Waals surface area (Å²) >= 11 is 0. The number of rotatable bonds is 3. The summed E-state index contributed by atoms with van der Waals surface area (Å²) in [6.45, 7) is 9.20. The lowest BCUT2D eigenvalue weighted by Gasteiger charge is -2.26. The third kappa shape index (κ3) is 5.00. The van der Waals surface area contributed by atoms with Crippen molar-refractivity contribution in [3.63, 3.8) is 0 Å². The van der Waals surface area contributed by atoms with Crippen molar-refractivity contribution >= 4 is 12.0 Å². The van der Waals surface area contributed by atoms with E-state index in [1.54, 1.807) is 23.8 Å². The second-order valence-corrected chi connectivity index (χ2v) is 6.59. The van der Waals surface area contributed by atoms with Crippen LogP contribution in [0.2, 0.25) is 0 Å². The molecular weight excluding hydrogens is 258 g/mol. The maximum Gasteiger partial charge on any atom is 0.410 e. The van der Waals surface area contributed by atoms with E-state index in [4.69, 9.17) is 10.5 Å². The number of amides is 2. The molecule has 2 N–H and O–H groups in total. The van der Waals surface area contributed by atoms with E-state index in [9.17, 15) is 9.59 Å². The molecule has 116 valence electrons. The van der Waals surface area contributed by atoms with E-state index in [0.29, 0.717) is 19.6 Å². The minimum Gasteiger partial charge on any atom is -0.444 e. The minimum absolute atomic E-state index is 0.0209. The summed E-state index contributed by atoms with van der Waals surface area (Å²) in [6.07, 6.45) is 0.570. The highest BCUT2D eigenvalue weighted by Crippen LogP contribution is 2.19. The van der Waals surface area contributed by atoms with Crippen LogP contribution in [0.15, 0.2) is 0 Å². The molecule has 2 atom stereocenters. The van der Waals surface area contributed by atoms with Gasteiger partial charge in [0.2, 0.25) is 5.91 Å². The van der Waals surface area contributed by atoms with Gasteiger partial charge in [0.25, 0.3) is 0 Å². The number of likely N-dealkylation sites (tertiary alicyclic amines) is 1. The Hall–Kier alpha value is -1.30. The number of carbonyl (C=O) groups is 2. The van der Waals surface area contributed by atoms with Gasteiger partial charge in [-0.05, 0) is 40.0 Å². The molecule has 1 heterocycles. The highest BCUT2D eigenvalue weighted by molar-refractivity contribution is 5.81. The van der Waals surface area contributed by atoms with E-state index in [0.717, 1.165) is 6.42 Å². The molecule has 6 nitrogen and oxygen atoms in total. The normalized spacial score (nSPS) is 20.7. The van der Waals surface area contributed by atoms with Crippen molar-refractivity contribution in [2.24, 2.45) is 11.7 Å². The first-order chi connectivity index (χ1) is 9.10. The Morgan fingerprint density at radius 2 is 2.05 bits per heavy atom. The van der Waals surface area contributed by atoms with Crippen molar-refractivity contribution in [2.45, 2.75) is 45.8 Å². The van der Waals surface area contributed by atoms with Crippen molar-refractivity contribution in [1.82, 2.24) is 9.80 Å². The van der Waals surface area contributed by atoms with Crippen LogP contribution in [0.4, 0.5) is 4.79 Å². The largest absolute Gasteiger partial charge is 0.444 e. The van der Waals surface area contributed by atoms with Crippen LogP contribution in [0.1, 0.15) is 34.1 Å². The number of hydrogen-bond donors (Lipinski definition) is 1. The zero-order chi connectivity index (χ0) is 15.5. The van der Waals surface area contributed by atoms with Gasteiger partial charge >= 0.3 is 6.09 Å². The first kappa shape index (κ1) is 16.8. The predicted molar refractivity (Wildman–Crippen MR) is 77.2 cm³/mol. The molecule has 0 saturated carbocycles. The number of ether oxygens (including phenoxy) is 1. The summed E-state index contributed by atoms with van der Waals surface area (Å²) in [5.74, 6) is 0.266. The fourth-order valence-electron chi connectivity index (χ4n) is 2.27. The number of carbonyl (C=O) groups excluding carboxylic acids is 2.